The van der Waals surface area contributed by atoms with E-state index < -0.39 is 38.1 Å². The van der Waals surface area contributed by atoms with E-state index in [-0.39, 0.29) is 6.42 Å². The molecule has 162 valence electrons. The van der Waals surface area contributed by atoms with E-state index in [0.29, 0.717) is 26.3 Å². The standard InChI is InChI=1S/C22H27NO6S/c1-22(2,21(26)23-10-12-29-13-11-23)30(27,28)15-18(20(24)25)14-17-8-5-7-16-6-3-4-9-19(16)17/h3-9,18H,10-15H2,1-2H3,(H,24,25)/t18-/m0/s1. The van der Waals surface area contributed by atoms with Crippen LogP contribution >= 0.6 is 0 Å². The first kappa shape index (κ1) is 22.2. The Morgan fingerprint density at radius 3 is 2.40 bits per heavy atom. The molecule has 1 heterocycles. The van der Waals surface area contributed by atoms with Crippen LogP contribution < -0.4 is 0 Å². The number of aliphatic carboxylic acids is 1. The third-order valence-corrected chi connectivity index (χ3v) is 8.28. The Labute approximate surface area is 176 Å². The van der Waals surface area contributed by atoms with Crippen molar-refractivity contribution in [1.82, 2.24) is 4.90 Å². The number of carboxylic acids is 1. The first-order valence-corrected chi connectivity index (χ1v) is 11.6. The lowest BCUT2D eigenvalue weighted by atomic mass is 9.96. The van der Waals surface area contributed by atoms with Gasteiger partial charge in [-0.3, -0.25) is 9.59 Å². The summed E-state index contributed by atoms with van der Waals surface area (Å²) < 4.78 is 29.8. The molecule has 2 aromatic rings. The second-order valence-electron chi connectivity index (χ2n) is 8.07. The van der Waals surface area contributed by atoms with Gasteiger partial charge < -0.3 is 14.7 Å². The summed E-state index contributed by atoms with van der Waals surface area (Å²) in [6.45, 7) is 4.10. The normalized spacial score (nSPS) is 16.4. The zero-order valence-electron chi connectivity index (χ0n) is 17.2. The largest absolute Gasteiger partial charge is 0.481 e. The summed E-state index contributed by atoms with van der Waals surface area (Å²) in [5.74, 6) is -3.46. The SMILES string of the molecule is CC(C)(C(=O)N1CCOCC1)S(=O)(=O)C[C@H](Cc1cccc2ccccc12)C(=O)O. The summed E-state index contributed by atoms with van der Waals surface area (Å²) in [6.07, 6.45) is 0.0672. The minimum absolute atomic E-state index is 0.0672. The molecular formula is C22H27NO6S. The summed E-state index contributed by atoms with van der Waals surface area (Å²) in [4.78, 5) is 26.3. The third kappa shape index (κ3) is 4.49. The molecule has 1 aliphatic heterocycles. The van der Waals surface area contributed by atoms with Crippen molar-refractivity contribution in [2.45, 2.75) is 25.0 Å². The van der Waals surface area contributed by atoms with Crippen LogP contribution in [-0.4, -0.2) is 67.1 Å². The Morgan fingerprint density at radius 1 is 1.10 bits per heavy atom. The molecule has 1 amide bonds. The second-order valence-corrected chi connectivity index (χ2v) is 10.7. The monoisotopic (exact) mass is 433 g/mol. The maximum absolute atomic E-state index is 13.2. The van der Waals surface area contributed by atoms with Crippen LogP contribution in [0, 0.1) is 5.92 Å². The van der Waals surface area contributed by atoms with Gasteiger partial charge in [-0.05, 0) is 36.6 Å². The number of morpholine rings is 1. The van der Waals surface area contributed by atoms with Crippen molar-refractivity contribution in [1.29, 1.82) is 0 Å². The number of sulfone groups is 1. The molecular weight excluding hydrogens is 406 g/mol. The molecule has 0 aromatic heterocycles. The van der Waals surface area contributed by atoms with Crippen LogP contribution in [0.4, 0.5) is 0 Å². The van der Waals surface area contributed by atoms with Crippen LogP contribution in [-0.2, 0) is 30.6 Å². The smallest absolute Gasteiger partial charge is 0.307 e. The van der Waals surface area contributed by atoms with Crippen molar-refractivity contribution in [3.63, 3.8) is 0 Å². The van der Waals surface area contributed by atoms with Gasteiger partial charge in [-0.2, -0.15) is 0 Å². The van der Waals surface area contributed by atoms with E-state index in [2.05, 4.69) is 0 Å². The van der Waals surface area contributed by atoms with Crippen molar-refractivity contribution >= 4 is 32.5 Å². The average molecular weight is 434 g/mol. The van der Waals surface area contributed by atoms with Gasteiger partial charge in [-0.25, -0.2) is 8.42 Å². The highest BCUT2D eigenvalue weighted by molar-refractivity contribution is 7.93. The molecule has 0 bridgehead atoms. The highest BCUT2D eigenvalue weighted by Crippen LogP contribution is 2.27. The van der Waals surface area contributed by atoms with Gasteiger partial charge >= 0.3 is 5.97 Å². The quantitative estimate of drug-likeness (QED) is 0.718. The fourth-order valence-corrected chi connectivity index (χ4v) is 5.31. The number of carboxylic acid groups (broad SMARTS) is 1. The molecule has 0 unspecified atom stereocenters. The van der Waals surface area contributed by atoms with E-state index in [0.717, 1.165) is 16.3 Å². The maximum atomic E-state index is 13.2. The van der Waals surface area contributed by atoms with E-state index >= 15 is 0 Å². The van der Waals surface area contributed by atoms with Crippen molar-refractivity contribution in [3.05, 3.63) is 48.0 Å². The number of hydrogen-bond acceptors (Lipinski definition) is 5. The summed E-state index contributed by atoms with van der Waals surface area (Å²) in [5.41, 5.74) is 0.771. The van der Waals surface area contributed by atoms with Crippen LogP contribution in [0.5, 0.6) is 0 Å². The molecule has 8 heteroatoms. The topological polar surface area (TPSA) is 101 Å². The van der Waals surface area contributed by atoms with Gasteiger partial charge in [0.1, 0.15) is 4.75 Å². The number of ether oxygens (including phenoxy) is 1. The van der Waals surface area contributed by atoms with E-state index in [1.165, 1.54) is 18.7 Å². The average Bonchev–Trinajstić information content (AvgIpc) is 2.73. The Hall–Kier alpha value is -2.45. The number of carbonyl (C=O) groups is 2. The fraction of sp³-hybridized carbons (Fsp3) is 0.455. The molecule has 3 rings (SSSR count). The third-order valence-electron chi connectivity index (χ3n) is 5.71. The zero-order chi connectivity index (χ0) is 21.9. The van der Waals surface area contributed by atoms with Crippen LogP contribution in [0.1, 0.15) is 19.4 Å². The van der Waals surface area contributed by atoms with Gasteiger partial charge in [0.2, 0.25) is 5.91 Å². The van der Waals surface area contributed by atoms with E-state index in [1.807, 2.05) is 42.5 Å². The number of hydrogen-bond donors (Lipinski definition) is 1. The Bertz CT molecular complexity index is 1040. The molecule has 0 saturated carbocycles. The van der Waals surface area contributed by atoms with Gasteiger partial charge in [0.25, 0.3) is 0 Å². The number of carbonyl (C=O) groups excluding carboxylic acids is 1. The number of amides is 1. The van der Waals surface area contributed by atoms with Crippen molar-refractivity contribution in [3.8, 4) is 0 Å². The molecule has 1 N–H and O–H groups in total. The summed E-state index contributed by atoms with van der Waals surface area (Å²) in [5, 5.41) is 11.6. The molecule has 7 nitrogen and oxygen atoms in total. The first-order chi connectivity index (χ1) is 14.1. The minimum atomic E-state index is -4.04. The minimum Gasteiger partial charge on any atom is -0.481 e. The number of fused-ring (bicyclic) bond motifs is 1. The lowest BCUT2D eigenvalue weighted by Crippen LogP contribution is -2.54. The highest BCUT2D eigenvalue weighted by Gasteiger charge is 2.46. The maximum Gasteiger partial charge on any atom is 0.307 e. The Kier molecular flexibility index (Phi) is 6.47. The lowest BCUT2D eigenvalue weighted by Gasteiger charge is -2.34. The molecule has 1 saturated heterocycles. The summed E-state index contributed by atoms with van der Waals surface area (Å²) in [6, 6.07) is 13.1. The van der Waals surface area contributed by atoms with Gasteiger partial charge in [0.15, 0.2) is 9.84 Å². The predicted octanol–water partition coefficient (Wildman–Crippen LogP) is 2.14. The number of rotatable bonds is 7. The first-order valence-electron chi connectivity index (χ1n) is 9.92. The van der Waals surface area contributed by atoms with Crippen molar-refractivity contribution in [2.75, 3.05) is 32.1 Å². The molecule has 0 spiro atoms. The van der Waals surface area contributed by atoms with Crippen LogP contribution in [0.25, 0.3) is 10.8 Å². The molecule has 0 aliphatic carbocycles. The number of benzene rings is 2. The molecule has 1 aliphatic rings. The fourth-order valence-electron chi connectivity index (χ4n) is 3.71. The van der Waals surface area contributed by atoms with Gasteiger partial charge in [0.05, 0.1) is 24.9 Å². The molecule has 2 aromatic carbocycles. The van der Waals surface area contributed by atoms with Gasteiger partial charge in [0, 0.05) is 13.1 Å². The second kappa shape index (κ2) is 8.73. The van der Waals surface area contributed by atoms with Crippen molar-refractivity contribution < 1.29 is 27.9 Å². The Balaban J connectivity index is 1.84. The predicted molar refractivity (Wildman–Crippen MR) is 114 cm³/mol. The molecule has 1 fully saturated rings. The van der Waals surface area contributed by atoms with Gasteiger partial charge in [-0.15, -0.1) is 0 Å². The van der Waals surface area contributed by atoms with Crippen LogP contribution in [0.2, 0.25) is 0 Å². The lowest BCUT2D eigenvalue weighted by molar-refractivity contribution is -0.141. The number of nitrogens with zero attached hydrogens (tertiary/aromatic N) is 1. The van der Waals surface area contributed by atoms with Gasteiger partial charge in [-0.1, -0.05) is 42.5 Å². The highest BCUT2D eigenvalue weighted by atomic mass is 32.2. The summed E-state index contributed by atoms with van der Waals surface area (Å²) in [7, 11) is -4.04. The molecule has 0 radical (unpaired) electrons. The molecule has 30 heavy (non-hydrogen) atoms. The summed E-state index contributed by atoms with van der Waals surface area (Å²) >= 11 is 0. The van der Waals surface area contributed by atoms with Crippen LogP contribution in [0.3, 0.4) is 0 Å². The van der Waals surface area contributed by atoms with E-state index in [1.54, 1.807) is 0 Å². The Morgan fingerprint density at radius 2 is 1.73 bits per heavy atom. The van der Waals surface area contributed by atoms with E-state index in [9.17, 15) is 23.1 Å². The van der Waals surface area contributed by atoms with Crippen LogP contribution in [0.15, 0.2) is 42.5 Å². The molecule has 1 atom stereocenters. The van der Waals surface area contributed by atoms with Crippen molar-refractivity contribution in [2.24, 2.45) is 5.92 Å². The zero-order valence-corrected chi connectivity index (χ0v) is 18.0. The van der Waals surface area contributed by atoms with E-state index in [4.69, 9.17) is 4.74 Å².